The monoisotopic (exact) mass is 409 g/mol. The minimum atomic E-state index is 0.141. The third-order valence-corrected chi connectivity index (χ3v) is 7.78. The molecule has 0 N–H and O–H groups in total. The van der Waals surface area contributed by atoms with Crippen molar-refractivity contribution in [3.8, 4) is 0 Å². The lowest BCUT2D eigenvalue weighted by Gasteiger charge is -2.57. The third kappa shape index (κ3) is 3.43. The van der Waals surface area contributed by atoms with Crippen LogP contribution in [0.1, 0.15) is 62.7 Å². The van der Waals surface area contributed by atoms with Crippen LogP contribution in [-0.4, -0.2) is 62.0 Å². The van der Waals surface area contributed by atoms with Gasteiger partial charge in [-0.05, 0) is 62.5 Å². The van der Waals surface area contributed by atoms with E-state index in [2.05, 4.69) is 33.6 Å². The van der Waals surface area contributed by atoms with Gasteiger partial charge in [0.2, 0.25) is 0 Å². The molecule has 3 fully saturated rings. The molecule has 0 radical (unpaired) electrons. The average Bonchev–Trinajstić information content (AvgIpc) is 3.14. The molecule has 3 aliphatic rings. The lowest BCUT2D eigenvalue weighted by molar-refractivity contribution is -0.0681. The van der Waals surface area contributed by atoms with Crippen molar-refractivity contribution in [2.24, 2.45) is 24.8 Å². The van der Waals surface area contributed by atoms with Gasteiger partial charge in [-0.3, -0.25) is 9.69 Å². The molecule has 3 saturated heterocycles. The number of amides is 1. The molecule has 0 saturated carbocycles. The van der Waals surface area contributed by atoms with Crippen LogP contribution in [0, 0.1) is 17.8 Å². The number of carbonyl (C=O) groups excluding carboxylic acids is 1. The van der Waals surface area contributed by atoms with Gasteiger partial charge in [0.1, 0.15) is 5.52 Å². The molecule has 0 unspecified atom stereocenters. The van der Waals surface area contributed by atoms with Crippen LogP contribution in [0.4, 0.5) is 0 Å². The van der Waals surface area contributed by atoms with Crippen molar-refractivity contribution < 1.29 is 4.79 Å². The molecule has 0 aliphatic carbocycles. The maximum absolute atomic E-state index is 13.6. The van der Waals surface area contributed by atoms with E-state index in [0.717, 1.165) is 30.2 Å². The summed E-state index contributed by atoms with van der Waals surface area (Å²) >= 11 is 0. The molecular weight excluding hydrogens is 374 g/mol. The first-order valence-electron chi connectivity index (χ1n) is 11.8. The highest BCUT2D eigenvalue weighted by Crippen LogP contribution is 2.43. The lowest BCUT2D eigenvalue weighted by atomic mass is 9.71. The van der Waals surface area contributed by atoms with Crippen molar-refractivity contribution in [2.45, 2.75) is 64.5 Å². The molecule has 6 heteroatoms. The number of aryl methyl sites for hydroxylation is 1. The zero-order valence-corrected chi connectivity index (χ0v) is 18.6. The lowest BCUT2D eigenvalue weighted by Crippen LogP contribution is -2.64. The maximum Gasteiger partial charge on any atom is 0.256 e. The summed E-state index contributed by atoms with van der Waals surface area (Å²) in [5.74, 6) is 2.09. The van der Waals surface area contributed by atoms with E-state index in [1.54, 1.807) is 12.5 Å². The molecule has 1 amide bonds. The smallest absolute Gasteiger partial charge is 0.256 e. The van der Waals surface area contributed by atoms with E-state index < -0.39 is 0 Å². The minimum Gasteiger partial charge on any atom is -0.338 e. The second kappa shape index (κ2) is 7.95. The number of hydrogen-bond acceptors (Lipinski definition) is 4. The topological polar surface area (TPSA) is 54.3 Å². The Labute approximate surface area is 179 Å². The number of fused-ring (bicyclic) bond motifs is 5. The van der Waals surface area contributed by atoms with Gasteiger partial charge in [0.05, 0.1) is 11.9 Å². The van der Waals surface area contributed by atoms with E-state index in [-0.39, 0.29) is 5.91 Å². The predicted octanol–water partition coefficient (Wildman–Crippen LogP) is 3.72. The van der Waals surface area contributed by atoms with E-state index in [1.165, 1.54) is 45.1 Å². The Hall–Kier alpha value is -1.95. The summed E-state index contributed by atoms with van der Waals surface area (Å²) in [7, 11) is 1.93. The SMILES string of the molecule is CC(C)CC[C@H]1[C@H]2C[C@H](CN(C(=O)c3ccnc4c3ncn4C)C2)[C@@H]2CCCCN21. The Morgan fingerprint density at radius 1 is 1.20 bits per heavy atom. The Kier molecular flexibility index (Phi) is 5.30. The van der Waals surface area contributed by atoms with E-state index in [9.17, 15) is 4.79 Å². The Morgan fingerprint density at radius 2 is 2.03 bits per heavy atom. The number of piperidine rings is 3. The highest BCUT2D eigenvalue weighted by molar-refractivity contribution is 6.04. The number of aromatic nitrogens is 3. The van der Waals surface area contributed by atoms with Crippen molar-refractivity contribution in [1.82, 2.24) is 24.3 Å². The van der Waals surface area contributed by atoms with Crippen molar-refractivity contribution in [1.29, 1.82) is 0 Å². The van der Waals surface area contributed by atoms with Crippen LogP contribution in [0.2, 0.25) is 0 Å². The normalized spacial score (nSPS) is 29.4. The van der Waals surface area contributed by atoms with E-state index in [4.69, 9.17) is 0 Å². The second-order valence-electron chi connectivity index (χ2n) is 10.2. The van der Waals surface area contributed by atoms with Crippen molar-refractivity contribution in [2.75, 3.05) is 19.6 Å². The summed E-state index contributed by atoms with van der Waals surface area (Å²) in [4.78, 5) is 27.5. The van der Waals surface area contributed by atoms with E-state index in [0.29, 0.717) is 29.5 Å². The van der Waals surface area contributed by atoms with Gasteiger partial charge in [0, 0.05) is 38.4 Å². The molecule has 2 bridgehead atoms. The molecule has 162 valence electrons. The van der Waals surface area contributed by atoms with Gasteiger partial charge in [-0.15, -0.1) is 0 Å². The second-order valence-corrected chi connectivity index (χ2v) is 10.2. The Bertz CT molecular complexity index is 921. The summed E-state index contributed by atoms with van der Waals surface area (Å²) in [6, 6.07) is 3.15. The fourth-order valence-electron chi connectivity index (χ4n) is 6.35. The quantitative estimate of drug-likeness (QED) is 0.772. The maximum atomic E-state index is 13.6. The zero-order chi connectivity index (χ0) is 20.8. The largest absolute Gasteiger partial charge is 0.338 e. The van der Waals surface area contributed by atoms with Gasteiger partial charge in [0.15, 0.2) is 5.65 Å². The minimum absolute atomic E-state index is 0.141. The molecule has 0 aromatic carbocycles. The number of rotatable bonds is 4. The zero-order valence-electron chi connectivity index (χ0n) is 18.6. The highest BCUT2D eigenvalue weighted by Gasteiger charge is 2.47. The van der Waals surface area contributed by atoms with Crippen molar-refractivity contribution in [3.63, 3.8) is 0 Å². The highest BCUT2D eigenvalue weighted by atomic mass is 16.2. The number of likely N-dealkylation sites (tertiary alicyclic amines) is 1. The molecule has 6 nitrogen and oxygen atoms in total. The molecule has 4 atom stereocenters. The van der Waals surface area contributed by atoms with Gasteiger partial charge >= 0.3 is 0 Å². The number of pyridine rings is 1. The number of hydrogen-bond donors (Lipinski definition) is 0. The van der Waals surface area contributed by atoms with E-state index in [1.807, 2.05) is 17.7 Å². The Morgan fingerprint density at radius 3 is 2.87 bits per heavy atom. The number of carbonyl (C=O) groups is 1. The molecule has 5 heterocycles. The molecule has 3 aliphatic heterocycles. The molecular formula is C24H35N5O. The average molecular weight is 410 g/mol. The van der Waals surface area contributed by atoms with Gasteiger partial charge in [-0.2, -0.15) is 0 Å². The third-order valence-electron chi connectivity index (χ3n) is 7.78. The van der Waals surface area contributed by atoms with Crippen LogP contribution in [0.15, 0.2) is 18.6 Å². The van der Waals surface area contributed by atoms with Gasteiger partial charge in [0.25, 0.3) is 5.91 Å². The van der Waals surface area contributed by atoms with Crippen LogP contribution in [0.3, 0.4) is 0 Å². The van der Waals surface area contributed by atoms with Crippen LogP contribution in [0.5, 0.6) is 0 Å². The number of imidazole rings is 1. The number of nitrogens with zero attached hydrogens (tertiary/aromatic N) is 5. The first kappa shape index (κ1) is 20.0. The molecule has 5 rings (SSSR count). The standard InChI is InChI=1S/C24H35N5O/c1-16(2)7-8-21-18-12-17(20-6-4-5-11-29(20)21)13-28(14-18)24(30)19-9-10-25-23-22(19)26-15-27(23)3/h9-10,15-18,20-21H,4-8,11-14H2,1-3H3/t17-,18+,20+,21+/m1/s1. The first-order valence-corrected chi connectivity index (χ1v) is 11.8. The summed E-state index contributed by atoms with van der Waals surface area (Å²) in [6.07, 6.45) is 11.3. The van der Waals surface area contributed by atoms with Gasteiger partial charge < -0.3 is 9.47 Å². The van der Waals surface area contributed by atoms with Gasteiger partial charge in [-0.1, -0.05) is 20.3 Å². The van der Waals surface area contributed by atoms with Crippen LogP contribution >= 0.6 is 0 Å². The van der Waals surface area contributed by atoms with Crippen LogP contribution in [-0.2, 0) is 7.05 Å². The van der Waals surface area contributed by atoms with Crippen molar-refractivity contribution >= 4 is 17.1 Å². The molecule has 30 heavy (non-hydrogen) atoms. The summed E-state index contributed by atoms with van der Waals surface area (Å²) in [5, 5.41) is 0. The van der Waals surface area contributed by atoms with Crippen LogP contribution < -0.4 is 0 Å². The van der Waals surface area contributed by atoms with Gasteiger partial charge in [-0.25, -0.2) is 9.97 Å². The van der Waals surface area contributed by atoms with E-state index >= 15 is 0 Å². The summed E-state index contributed by atoms with van der Waals surface area (Å²) in [6.45, 7) is 7.70. The molecule has 0 spiro atoms. The fourth-order valence-corrected chi connectivity index (χ4v) is 6.35. The molecule has 2 aromatic rings. The predicted molar refractivity (Wildman–Crippen MR) is 118 cm³/mol. The summed E-state index contributed by atoms with van der Waals surface area (Å²) in [5.41, 5.74) is 2.22. The first-order chi connectivity index (χ1) is 14.5. The van der Waals surface area contributed by atoms with Crippen LogP contribution in [0.25, 0.3) is 11.2 Å². The van der Waals surface area contributed by atoms with Crippen molar-refractivity contribution in [3.05, 3.63) is 24.2 Å². The summed E-state index contributed by atoms with van der Waals surface area (Å²) < 4.78 is 1.89. The fraction of sp³-hybridized carbons (Fsp3) is 0.708. The Balaban J connectivity index is 1.42. The molecule has 2 aromatic heterocycles.